The molecule has 2 heterocycles. The van der Waals surface area contributed by atoms with E-state index in [0.717, 1.165) is 6.42 Å². The van der Waals surface area contributed by atoms with Gasteiger partial charge in [-0.25, -0.2) is 12.7 Å². The molecular formula is C11H20N2O3S. The van der Waals surface area contributed by atoms with Crippen molar-refractivity contribution in [1.29, 1.82) is 0 Å². The van der Waals surface area contributed by atoms with Crippen LogP contribution in [0.1, 0.15) is 26.7 Å². The van der Waals surface area contributed by atoms with Gasteiger partial charge >= 0.3 is 0 Å². The van der Waals surface area contributed by atoms with Crippen molar-refractivity contribution in [3.63, 3.8) is 0 Å². The van der Waals surface area contributed by atoms with E-state index in [2.05, 4.69) is 0 Å². The van der Waals surface area contributed by atoms with Gasteiger partial charge < -0.3 is 4.90 Å². The number of carbonyl (C=O) groups excluding carboxylic acids is 1. The van der Waals surface area contributed by atoms with Gasteiger partial charge in [-0.05, 0) is 18.8 Å². The highest BCUT2D eigenvalue weighted by Crippen LogP contribution is 2.33. The molecule has 0 N–H and O–H groups in total. The normalized spacial score (nSPS) is 33.2. The van der Waals surface area contributed by atoms with Gasteiger partial charge in [-0.15, -0.1) is 0 Å². The highest BCUT2D eigenvalue weighted by Gasteiger charge is 2.46. The van der Waals surface area contributed by atoms with Gasteiger partial charge in [-0.2, -0.15) is 0 Å². The van der Waals surface area contributed by atoms with Crippen LogP contribution in [-0.4, -0.2) is 55.0 Å². The van der Waals surface area contributed by atoms with E-state index in [1.165, 1.54) is 0 Å². The fraction of sp³-hybridized carbons (Fsp3) is 0.909. The van der Waals surface area contributed by atoms with Gasteiger partial charge in [0.1, 0.15) is 0 Å². The summed E-state index contributed by atoms with van der Waals surface area (Å²) < 4.78 is 26.0. The van der Waals surface area contributed by atoms with Gasteiger partial charge in [0.05, 0.1) is 5.25 Å². The Labute approximate surface area is 103 Å². The molecule has 2 fully saturated rings. The van der Waals surface area contributed by atoms with Crippen molar-refractivity contribution < 1.29 is 13.2 Å². The molecule has 0 radical (unpaired) electrons. The monoisotopic (exact) mass is 260 g/mol. The first-order valence-electron chi connectivity index (χ1n) is 6.21. The number of carbonyl (C=O) groups is 1. The van der Waals surface area contributed by atoms with E-state index in [9.17, 15) is 13.2 Å². The Morgan fingerprint density at radius 3 is 2.53 bits per heavy atom. The van der Waals surface area contributed by atoms with Crippen molar-refractivity contribution in [2.75, 3.05) is 26.2 Å². The van der Waals surface area contributed by atoms with Gasteiger partial charge in [-0.1, -0.05) is 6.92 Å². The highest BCUT2D eigenvalue weighted by molar-refractivity contribution is 7.90. The van der Waals surface area contributed by atoms with Crippen LogP contribution in [0.25, 0.3) is 0 Å². The average Bonchev–Trinajstić information content (AvgIpc) is 2.42. The Balaban J connectivity index is 2.16. The van der Waals surface area contributed by atoms with Crippen LogP contribution in [0.15, 0.2) is 0 Å². The van der Waals surface area contributed by atoms with E-state index in [1.54, 1.807) is 16.1 Å². The van der Waals surface area contributed by atoms with Crippen molar-refractivity contribution >= 4 is 15.9 Å². The van der Waals surface area contributed by atoms with Crippen molar-refractivity contribution in [1.82, 2.24) is 9.21 Å². The summed E-state index contributed by atoms with van der Waals surface area (Å²) in [5, 5.41) is -0.271. The molecule has 0 aromatic heterocycles. The quantitative estimate of drug-likeness (QED) is 0.680. The zero-order chi connectivity index (χ0) is 12.6. The molecule has 6 heteroatoms. The predicted molar refractivity (Wildman–Crippen MR) is 64.9 cm³/mol. The summed E-state index contributed by atoms with van der Waals surface area (Å²) >= 11 is 0. The van der Waals surface area contributed by atoms with E-state index >= 15 is 0 Å². The first kappa shape index (κ1) is 12.8. The molecule has 0 bridgehead atoms. The Morgan fingerprint density at radius 2 is 1.94 bits per heavy atom. The number of hydrogen-bond acceptors (Lipinski definition) is 3. The molecule has 2 saturated heterocycles. The second-order valence-corrected chi connectivity index (χ2v) is 7.03. The summed E-state index contributed by atoms with van der Waals surface area (Å²) in [6.45, 7) is 5.90. The summed E-state index contributed by atoms with van der Waals surface area (Å²) in [7, 11) is -3.12. The Kier molecular flexibility index (Phi) is 3.45. The molecule has 0 saturated carbocycles. The number of hydrogen-bond donors (Lipinski definition) is 0. The lowest BCUT2D eigenvalue weighted by Gasteiger charge is -2.20. The van der Waals surface area contributed by atoms with E-state index in [4.69, 9.17) is 0 Å². The zero-order valence-electron chi connectivity index (χ0n) is 10.4. The maximum absolute atomic E-state index is 12.2. The molecule has 2 rings (SSSR count). The van der Waals surface area contributed by atoms with Crippen LogP contribution in [0, 0.1) is 5.92 Å². The lowest BCUT2D eigenvalue weighted by atomic mass is 10.0. The molecule has 0 aromatic rings. The minimum Gasteiger partial charge on any atom is -0.343 e. The standard InChI is InChI=1S/C11H20N2O3S/c1-3-13-8-10-4-6-12(9(2)14)7-5-11(10)17(13,15)16/h10-11H,3-8H2,1-2H3/t10-,11-/m0/s1. The van der Waals surface area contributed by atoms with E-state index in [-0.39, 0.29) is 17.1 Å². The molecule has 2 aliphatic heterocycles. The summed E-state index contributed by atoms with van der Waals surface area (Å²) in [6, 6.07) is 0. The molecule has 0 unspecified atom stereocenters. The lowest BCUT2D eigenvalue weighted by molar-refractivity contribution is -0.128. The van der Waals surface area contributed by atoms with Crippen LogP contribution >= 0.6 is 0 Å². The Bertz CT molecular complexity index is 407. The van der Waals surface area contributed by atoms with Crippen LogP contribution in [0.5, 0.6) is 0 Å². The van der Waals surface area contributed by atoms with E-state index < -0.39 is 10.0 Å². The van der Waals surface area contributed by atoms with E-state index in [1.807, 2.05) is 6.92 Å². The highest BCUT2D eigenvalue weighted by atomic mass is 32.2. The van der Waals surface area contributed by atoms with Crippen LogP contribution in [-0.2, 0) is 14.8 Å². The van der Waals surface area contributed by atoms with Gasteiger partial charge in [-0.3, -0.25) is 4.79 Å². The Morgan fingerprint density at radius 1 is 1.29 bits per heavy atom. The van der Waals surface area contributed by atoms with Gasteiger partial charge in [0, 0.05) is 33.1 Å². The summed E-state index contributed by atoms with van der Waals surface area (Å²) in [4.78, 5) is 13.1. The van der Waals surface area contributed by atoms with Gasteiger partial charge in [0.25, 0.3) is 0 Å². The molecule has 0 aliphatic carbocycles. The third-order valence-electron chi connectivity index (χ3n) is 3.96. The van der Waals surface area contributed by atoms with E-state index in [0.29, 0.717) is 32.6 Å². The zero-order valence-corrected chi connectivity index (χ0v) is 11.2. The smallest absolute Gasteiger partial charge is 0.219 e. The van der Waals surface area contributed by atoms with Crippen molar-refractivity contribution in [3.05, 3.63) is 0 Å². The largest absolute Gasteiger partial charge is 0.343 e. The first-order valence-corrected chi connectivity index (χ1v) is 7.71. The van der Waals surface area contributed by atoms with Gasteiger partial charge in [0.2, 0.25) is 15.9 Å². The molecule has 2 aliphatic rings. The van der Waals surface area contributed by atoms with Crippen molar-refractivity contribution in [2.24, 2.45) is 5.92 Å². The fourth-order valence-corrected chi connectivity index (χ4v) is 5.17. The van der Waals surface area contributed by atoms with Crippen molar-refractivity contribution in [3.8, 4) is 0 Å². The third-order valence-corrected chi connectivity index (χ3v) is 6.47. The third kappa shape index (κ3) is 2.20. The molecule has 5 nitrogen and oxygen atoms in total. The maximum atomic E-state index is 12.2. The number of likely N-dealkylation sites (tertiary alicyclic amines) is 1. The number of amides is 1. The maximum Gasteiger partial charge on any atom is 0.219 e. The Hall–Kier alpha value is -0.620. The summed E-state index contributed by atoms with van der Waals surface area (Å²) in [5.41, 5.74) is 0. The number of nitrogens with zero attached hydrogens (tertiary/aromatic N) is 2. The van der Waals surface area contributed by atoms with Crippen LogP contribution in [0.3, 0.4) is 0 Å². The SMILES string of the molecule is CCN1C[C@@H]2CCN(C(C)=O)CC[C@@H]2S1(=O)=O. The molecule has 0 aromatic carbocycles. The minimum absolute atomic E-state index is 0.0507. The van der Waals surface area contributed by atoms with Crippen LogP contribution in [0.2, 0.25) is 0 Å². The van der Waals surface area contributed by atoms with Crippen LogP contribution in [0.4, 0.5) is 0 Å². The second kappa shape index (κ2) is 4.57. The number of rotatable bonds is 1. The molecule has 2 atom stereocenters. The fourth-order valence-electron chi connectivity index (χ4n) is 2.92. The molecule has 17 heavy (non-hydrogen) atoms. The minimum atomic E-state index is -3.12. The van der Waals surface area contributed by atoms with Crippen LogP contribution < -0.4 is 0 Å². The first-order chi connectivity index (χ1) is 7.96. The number of sulfonamides is 1. The summed E-state index contributed by atoms with van der Waals surface area (Å²) in [6.07, 6.45) is 1.39. The molecule has 98 valence electrons. The molecular weight excluding hydrogens is 240 g/mol. The molecule has 1 amide bonds. The predicted octanol–water partition coefficient (Wildman–Crippen LogP) is 0.279. The molecule has 0 spiro atoms. The topological polar surface area (TPSA) is 57.7 Å². The lowest BCUT2D eigenvalue weighted by Crippen LogP contribution is -2.33. The number of fused-ring (bicyclic) bond motifs is 1. The van der Waals surface area contributed by atoms with Gasteiger partial charge in [0.15, 0.2) is 0 Å². The van der Waals surface area contributed by atoms with Crippen molar-refractivity contribution in [2.45, 2.75) is 31.9 Å². The average molecular weight is 260 g/mol. The summed E-state index contributed by atoms with van der Waals surface area (Å²) in [5.74, 6) is 0.249. The second-order valence-electron chi connectivity index (χ2n) is 4.88.